The van der Waals surface area contributed by atoms with Gasteiger partial charge in [0.05, 0.1) is 23.9 Å². The molecule has 1 aliphatic rings. The first-order valence-corrected chi connectivity index (χ1v) is 10.9. The lowest BCUT2D eigenvalue weighted by molar-refractivity contribution is -0.172. The summed E-state index contributed by atoms with van der Waals surface area (Å²) >= 11 is 1.50. The number of nitrogens with zero attached hydrogens (tertiary/aromatic N) is 2. The third kappa shape index (κ3) is 5.01. The zero-order valence-electron chi connectivity index (χ0n) is 16.7. The molecule has 0 N–H and O–H groups in total. The molecule has 3 aromatic rings. The lowest BCUT2D eigenvalue weighted by atomic mass is 9.93. The number of benzene rings is 2. The van der Waals surface area contributed by atoms with Crippen molar-refractivity contribution in [3.8, 4) is 5.75 Å². The van der Waals surface area contributed by atoms with Crippen molar-refractivity contribution in [3.63, 3.8) is 0 Å². The summed E-state index contributed by atoms with van der Waals surface area (Å²) in [6, 6.07) is 16.1. The Morgan fingerprint density at radius 1 is 1.14 bits per heavy atom. The molecule has 5 nitrogen and oxygen atoms in total. The highest BCUT2D eigenvalue weighted by Crippen LogP contribution is 2.27. The number of carbonyl (C=O) groups excluding carboxylic acids is 1. The van der Waals surface area contributed by atoms with Gasteiger partial charge in [0.1, 0.15) is 5.75 Å². The maximum atomic E-state index is 12.8. The standard InChI is InChI=1S/C23H26N2O3S/c1-27-19-10-8-17(9-11-19)5-4-16-28-25-14-12-18(13-15-25)22(26)23-24-20-6-2-3-7-21(20)29-23/h2-3,6-11,18H,4-5,12-16H2,1H3. The number of rotatable bonds is 8. The number of piperidine rings is 1. The van der Waals surface area contributed by atoms with Crippen LogP contribution in [0, 0.1) is 5.92 Å². The second-order valence-electron chi connectivity index (χ2n) is 7.34. The normalized spacial score (nSPS) is 15.6. The molecular weight excluding hydrogens is 384 g/mol. The molecule has 2 aromatic carbocycles. The molecule has 1 fully saturated rings. The highest BCUT2D eigenvalue weighted by molar-refractivity contribution is 7.20. The number of thiazole rings is 1. The van der Waals surface area contributed by atoms with E-state index in [2.05, 4.69) is 17.1 Å². The third-order valence-corrected chi connectivity index (χ3v) is 6.42. The average Bonchev–Trinajstić information content (AvgIpc) is 3.21. The van der Waals surface area contributed by atoms with Gasteiger partial charge in [0.15, 0.2) is 10.8 Å². The summed E-state index contributed by atoms with van der Waals surface area (Å²) in [5.41, 5.74) is 2.20. The van der Waals surface area contributed by atoms with Crippen LogP contribution in [0.4, 0.5) is 0 Å². The van der Waals surface area contributed by atoms with Crippen molar-refractivity contribution >= 4 is 27.3 Å². The fourth-order valence-corrected chi connectivity index (χ4v) is 4.65. The summed E-state index contributed by atoms with van der Waals surface area (Å²) in [6.45, 7) is 2.29. The SMILES string of the molecule is COc1ccc(CCCON2CCC(C(=O)c3nc4ccccc4s3)CC2)cc1. The summed E-state index contributed by atoms with van der Waals surface area (Å²) in [7, 11) is 1.68. The van der Waals surface area contributed by atoms with E-state index >= 15 is 0 Å². The van der Waals surface area contributed by atoms with E-state index in [1.165, 1.54) is 16.9 Å². The lowest BCUT2D eigenvalue weighted by Crippen LogP contribution is -2.36. The van der Waals surface area contributed by atoms with Crippen molar-refractivity contribution in [1.29, 1.82) is 0 Å². The van der Waals surface area contributed by atoms with E-state index in [1.54, 1.807) is 7.11 Å². The van der Waals surface area contributed by atoms with Crippen LogP contribution in [0.5, 0.6) is 5.75 Å². The molecule has 0 aliphatic carbocycles. The van der Waals surface area contributed by atoms with Crippen LogP contribution in [-0.2, 0) is 11.3 Å². The van der Waals surface area contributed by atoms with Crippen molar-refractivity contribution in [2.45, 2.75) is 25.7 Å². The number of para-hydroxylation sites is 1. The molecule has 0 saturated carbocycles. The van der Waals surface area contributed by atoms with Gasteiger partial charge in [-0.3, -0.25) is 9.63 Å². The predicted molar refractivity (Wildman–Crippen MR) is 116 cm³/mol. The van der Waals surface area contributed by atoms with E-state index in [4.69, 9.17) is 9.57 Å². The number of methoxy groups -OCH3 is 1. The minimum atomic E-state index is 0.0507. The first-order valence-electron chi connectivity index (χ1n) is 10.1. The van der Waals surface area contributed by atoms with Gasteiger partial charge in [-0.1, -0.05) is 24.3 Å². The number of carbonyl (C=O) groups is 1. The Balaban J connectivity index is 1.19. The number of hydrogen-bond donors (Lipinski definition) is 0. The van der Waals surface area contributed by atoms with Crippen molar-refractivity contribution in [1.82, 2.24) is 10.0 Å². The quantitative estimate of drug-likeness (QED) is 0.396. The number of hydrogen-bond acceptors (Lipinski definition) is 6. The van der Waals surface area contributed by atoms with E-state index < -0.39 is 0 Å². The highest BCUT2D eigenvalue weighted by Gasteiger charge is 2.28. The van der Waals surface area contributed by atoms with E-state index in [0.29, 0.717) is 11.6 Å². The Morgan fingerprint density at radius 2 is 1.90 bits per heavy atom. The number of ketones is 1. The minimum absolute atomic E-state index is 0.0507. The average molecular weight is 411 g/mol. The molecular formula is C23H26N2O3S. The number of aromatic nitrogens is 1. The number of Topliss-reactive ketones (excluding diaryl/α,β-unsaturated/α-hetero) is 1. The van der Waals surface area contributed by atoms with Gasteiger partial charge in [-0.25, -0.2) is 4.98 Å². The van der Waals surface area contributed by atoms with Gasteiger partial charge in [0.25, 0.3) is 0 Å². The van der Waals surface area contributed by atoms with Crippen LogP contribution in [0.1, 0.15) is 34.6 Å². The Labute approximate surface area is 175 Å². The van der Waals surface area contributed by atoms with Crippen LogP contribution in [0.3, 0.4) is 0 Å². The molecule has 0 radical (unpaired) electrons. The van der Waals surface area contributed by atoms with Gasteiger partial charge in [-0.05, 0) is 55.5 Å². The van der Waals surface area contributed by atoms with Crippen LogP contribution < -0.4 is 4.74 Å². The van der Waals surface area contributed by atoms with Gasteiger partial charge in [0.2, 0.25) is 0 Å². The molecule has 0 spiro atoms. The first-order chi connectivity index (χ1) is 14.2. The van der Waals surface area contributed by atoms with Crippen molar-refractivity contribution in [2.75, 3.05) is 26.8 Å². The van der Waals surface area contributed by atoms with Gasteiger partial charge in [0, 0.05) is 19.0 Å². The molecule has 6 heteroatoms. The fourth-order valence-electron chi connectivity index (χ4n) is 3.66. The molecule has 0 unspecified atom stereocenters. The summed E-state index contributed by atoms with van der Waals surface area (Å²) in [6.07, 6.45) is 3.61. The number of fused-ring (bicyclic) bond motifs is 1. The topological polar surface area (TPSA) is 51.7 Å². The molecule has 29 heavy (non-hydrogen) atoms. The summed E-state index contributed by atoms with van der Waals surface area (Å²) in [4.78, 5) is 23.3. The van der Waals surface area contributed by atoms with Crippen molar-refractivity contribution < 1.29 is 14.4 Å². The monoisotopic (exact) mass is 410 g/mol. The molecule has 152 valence electrons. The lowest BCUT2D eigenvalue weighted by Gasteiger charge is -2.30. The minimum Gasteiger partial charge on any atom is -0.497 e. The summed E-state index contributed by atoms with van der Waals surface area (Å²) < 4.78 is 6.26. The molecule has 1 saturated heterocycles. The number of hydroxylamine groups is 2. The number of ether oxygens (including phenoxy) is 1. The molecule has 2 heterocycles. The number of aryl methyl sites for hydroxylation is 1. The second-order valence-corrected chi connectivity index (χ2v) is 8.37. The van der Waals surface area contributed by atoms with Crippen molar-refractivity contribution in [2.24, 2.45) is 5.92 Å². The van der Waals surface area contributed by atoms with E-state index in [9.17, 15) is 4.79 Å². The third-order valence-electron chi connectivity index (χ3n) is 5.37. The van der Waals surface area contributed by atoms with E-state index in [-0.39, 0.29) is 11.7 Å². The summed E-state index contributed by atoms with van der Waals surface area (Å²) in [5, 5.41) is 2.65. The molecule has 0 atom stereocenters. The highest BCUT2D eigenvalue weighted by atomic mass is 32.1. The zero-order valence-corrected chi connectivity index (χ0v) is 17.5. The Bertz CT molecular complexity index is 913. The molecule has 0 amide bonds. The zero-order chi connectivity index (χ0) is 20.1. The van der Waals surface area contributed by atoms with Crippen LogP contribution in [0.15, 0.2) is 48.5 Å². The van der Waals surface area contributed by atoms with Crippen LogP contribution >= 0.6 is 11.3 Å². The van der Waals surface area contributed by atoms with Crippen LogP contribution in [0.2, 0.25) is 0 Å². The van der Waals surface area contributed by atoms with Gasteiger partial charge in [-0.2, -0.15) is 5.06 Å². The maximum absolute atomic E-state index is 12.8. The molecule has 1 aromatic heterocycles. The Hall–Kier alpha value is -2.28. The predicted octanol–water partition coefficient (Wildman–Crippen LogP) is 4.76. The maximum Gasteiger partial charge on any atom is 0.194 e. The molecule has 1 aliphatic heterocycles. The second kappa shape index (κ2) is 9.48. The fraction of sp³-hybridized carbons (Fsp3) is 0.391. The summed E-state index contributed by atoms with van der Waals surface area (Å²) in [5.74, 6) is 1.12. The Morgan fingerprint density at radius 3 is 2.62 bits per heavy atom. The van der Waals surface area contributed by atoms with Crippen molar-refractivity contribution in [3.05, 3.63) is 59.1 Å². The van der Waals surface area contributed by atoms with Gasteiger partial charge < -0.3 is 4.74 Å². The first kappa shape index (κ1) is 20.0. The van der Waals surface area contributed by atoms with Crippen LogP contribution in [-0.4, -0.2) is 42.6 Å². The van der Waals surface area contributed by atoms with E-state index in [1.807, 2.05) is 41.5 Å². The smallest absolute Gasteiger partial charge is 0.194 e. The van der Waals surface area contributed by atoms with E-state index in [0.717, 1.165) is 54.7 Å². The molecule has 4 rings (SSSR count). The Kier molecular flexibility index (Phi) is 6.54. The molecule has 0 bridgehead atoms. The van der Waals surface area contributed by atoms with Crippen LogP contribution in [0.25, 0.3) is 10.2 Å². The van der Waals surface area contributed by atoms with Gasteiger partial charge in [-0.15, -0.1) is 11.3 Å². The van der Waals surface area contributed by atoms with Gasteiger partial charge >= 0.3 is 0 Å². The largest absolute Gasteiger partial charge is 0.497 e.